The molecule has 24 heavy (non-hydrogen) atoms. The fourth-order valence-corrected chi connectivity index (χ4v) is 2.69. The minimum atomic E-state index is -0.410. The molecule has 0 spiro atoms. The first kappa shape index (κ1) is 16.3. The molecule has 0 aliphatic carbocycles. The lowest BCUT2D eigenvalue weighted by Crippen LogP contribution is -2.30. The molecule has 0 aliphatic heterocycles. The van der Waals surface area contributed by atoms with E-state index >= 15 is 0 Å². The quantitative estimate of drug-likeness (QED) is 0.726. The Morgan fingerprint density at radius 3 is 2.58 bits per heavy atom. The average molecular weight is 390 g/mol. The van der Waals surface area contributed by atoms with Crippen LogP contribution in [0.4, 0.5) is 0 Å². The predicted molar refractivity (Wildman–Crippen MR) is 91.9 cm³/mol. The molecule has 0 saturated heterocycles. The highest BCUT2D eigenvalue weighted by atomic mass is 79.9. The van der Waals surface area contributed by atoms with Crippen molar-refractivity contribution in [3.8, 4) is 5.75 Å². The van der Waals surface area contributed by atoms with Gasteiger partial charge < -0.3 is 19.0 Å². The first-order chi connectivity index (χ1) is 11.6. The Bertz CT molecular complexity index is 839. The second kappa shape index (κ2) is 6.92. The van der Waals surface area contributed by atoms with E-state index in [0.29, 0.717) is 4.67 Å². The van der Waals surface area contributed by atoms with Crippen molar-refractivity contribution in [2.45, 2.75) is 6.04 Å². The second-order valence-corrected chi connectivity index (χ2v) is 5.96. The zero-order valence-corrected chi connectivity index (χ0v) is 14.8. The normalized spacial score (nSPS) is 12.0. The first-order valence-electron chi connectivity index (χ1n) is 7.26. The molecule has 0 fully saturated rings. The Balaban J connectivity index is 1.93. The number of nitrogens with zero attached hydrogens (tertiary/aromatic N) is 2. The summed E-state index contributed by atoms with van der Waals surface area (Å²) in [5, 5.41) is 2.97. The van der Waals surface area contributed by atoms with Gasteiger partial charge in [0.05, 0.1) is 7.11 Å². The van der Waals surface area contributed by atoms with Crippen LogP contribution in [0.2, 0.25) is 0 Å². The molecule has 1 amide bonds. The van der Waals surface area contributed by atoms with Crippen LogP contribution in [0.15, 0.2) is 57.9 Å². The van der Waals surface area contributed by atoms with Crippen molar-refractivity contribution < 1.29 is 13.9 Å². The zero-order valence-electron chi connectivity index (χ0n) is 13.2. The monoisotopic (exact) mass is 389 g/mol. The number of methoxy groups -OCH3 is 1. The highest BCUT2D eigenvalue weighted by molar-refractivity contribution is 9.10. The Hall–Kier alpha value is -2.54. The highest BCUT2D eigenvalue weighted by Gasteiger charge is 2.23. The Morgan fingerprint density at radius 1 is 1.29 bits per heavy atom. The van der Waals surface area contributed by atoms with Crippen LogP contribution < -0.4 is 10.1 Å². The van der Waals surface area contributed by atoms with Crippen LogP contribution >= 0.6 is 15.9 Å². The van der Waals surface area contributed by atoms with E-state index in [1.807, 2.05) is 42.1 Å². The summed E-state index contributed by atoms with van der Waals surface area (Å²) in [6.45, 7) is 0. The molecule has 3 aromatic rings. The van der Waals surface area contributed by atoms with Gasteiger partial charge in [0.2, 0.25) is 0 Å². The molecule has 0 saturated carbocycles. The number of aromatic nitrogens is 2. The summed E-state index contributed by atoms with van der Waals surface area (Å²) in [5.74, 6) is 1.39. The average Bonchev–Trinajstić information content (AvgIpc) is 3.21. The van der Waals surface area contributed by atoms with Crippen LogP contribution in [-0.4, -0.2) is 22.6 Å². The topological polar surface area (TPSA) is 69.3 Å². The van der Waals surface area contributed by atoms with E-state index in [1.54, 1.807) is 25.4 Å². The summed E-state index contributed by atoms with van der Waals surface area (Å²) < 4.78 is 12.9. The minimum absolute atomic E-state index is 0.231. The molecular formula is C17H16BrN3O3. The van der Waals surface area contributed by atoms with Gasteiger partial charge in [-0.15, -0.1) is 0 Å². The fourth-order valence-electron chi connectivity index (χ4n) is 2.39. The van der Waals surface area contributed by atoms with E-state index < -0.39 is 6.04 Å². The van der Waals surface area contributed by atoms with Crippen molar-refractivity contribution in [2.24, 2.45) is 7.05 Å². The summed E-state index contributed by atoms with van der Waals surface area (Å²) in [6, 6.07) is 10.4. The molecule has 1 N–H and O–H groups in total. The van der Waals surface area contributed by atoms with Crippen molar-refractivity contribution >= 4 is 21.8 Å². The number of rotatable bonds is 5. The van der Waals surface area contributed by atoms with Crippen LogP contribution in [0.25, 0.3) is 0 Å². The van der Waals surface area contributed by atoms with Crippen molar-refractivity contribution in [3.63, 3.8) is 0 Å². The van der Waals surface area contributed by atoms with Crippen molar-refractivity contribution in [3.05, 3.63) is 70.6 Å². The predicted octanol–water partition coefficient (Wildman–Crippen LogP) is 3.30. The van der Waals surface area contributed by atoms with Gasteiger partial charge in [0, 0.05) is 19.4 Å². The molecule has 2 heterocycles. The molecule has 0 aliphatic rings. The van der Waals surface area contributed by atoms with E-state index in [-0.39, 0.29) is 11.7 Å². The van der Waals surface area contributed by atoms with Gasteiger partial charge in [-0.25, -0.2) is 4.98 Å². The maximum absolute atomic E-state index is 12.5. The summed E-state index contributed by atoms with van der Waals surface area (Å²) in [4.78, 5) is 16.8. The van der Waals surface area contributed by atoms with Gasteiger partial charge >= 0.3 is 0 Å². The Labute approximate surface area is 147 Å². The molecule has 1 atom stereocenters. The van der Waals surface area contributed by atoms with Crippen LogP contribution in [-0.2, 0) is 7.05 Å². The molecule has 0 radical (unpaired) electrons. The lowest BCUT2D eigenvalue weighted by molar-refractivity contribution is 0.0912. The van der Waals surface area contributed by atoms with Crippen LogP contribution in [0.5, 0.6) is 5.75 Å². The number of ether oxygens (including phenoxy) is 1. The van der Waals surface area contributed by atoms with Crippen LogP contribution in [0, 0.1) is 0 Å². The number of hydrogen-bond acceptors (Lipinski definition) is 4. The van der Waals surface area contributed by atoms with E-state index in [0.717, 1.165) is 17.1 Å². The smallest absolute Gasteiger partial charge is 0.287 e. The van der Waals surface area contributed by atoms with Gasteiger partial charge in [-0.2, -0.15) is 0 Å². The van der Waals surface area contributed by atoms with Gasteiger partial charge in [-0.05, 0) is 45.8 Å². The molecule has 3 rings (SSSR count). The fraction of sp³-hybridized carbons (Fsp3) is 0.176. The van der Waals surface area contributed by atoms with Gasteiger partial charge in [0.15, 0.2) is 10.4 Å². The van der Waals surface area contributed by atoms with Crippen molar-refractivity contribution in [1.82, 2.24) is 14.9 Å². The van der Waals surface area contributed by atoms with Crippen LogP contribution in [0.3, 0.4) is 0 Å². The summed E-state index contributed by atoms with van der Waals surface area (Å²) in [5.41, 5.74) is 0.893. The third-order valence-electron chi connectivity index (χ3n) is 3.64. The summed E-state index contributed by atoms with van der Waals surface area (Å²) in [6.07, 6.45) is 3.53. The number of imidazole rings is 1. The number of aryl methyl sites for hydroxylation is 1. The molecule has 0 bridgehead atoms. The van der Waals surface area contributed by atoms with Gasteiger partial charge in [0.1, 0.15) is 17.6 Å². The number of furan rings is 1. The summed E-state index contributed by atoms with van der Waals surface area (Å²) in [7, 11) is 3.50. The lowest BCUT2D eigenvalue weighted by Gasteiger charge is -2.19. The van der Waals surface area contributed by atoms with E-state index in [1.165, 1.54) is 0 Å². The zero-order chi connectivity index (χ0) is 17.1. The molecule has 2 aromatic heterocycles. The van der Waals surface area contributed by atoms with E-state index in [4.69, 9.17) is 9.15 Å². The molecule has 7 heteroatoms. The number of amides is 1. The number of hydrogen-bond donors (Lipinski definition) is 1. The molecule has 6 nitrogen and oxygen atoms in total. The number of benzene rings is 1. The first-order valence-corrected chi connectivity index (χ1v) is 8.05. The second-order valence-electron chi connectivity index (χ2n) is 5.18. The number of nitrogens with one attached hydrogen (secondary N) is 1. The largest absolute Gasteiger partial charge is 0.497 e. The highest BCUT2D eigenvalue weighted by Crippen LogP contribution is 2.24. The standard InChI is InChI=1S/C17H16BrN3O3/c1-21-10-9-19-16(21)15(11-3-5-12(23-2)6-4-11)20-17(22)13-7-8-14(18)24-13/h3-10,15H,1-2H3,(H,20,22). The molecular weight excluding hydrogens is 374 g/mol. The third-order valence-corrected chi connectivity index (χ3v) is 4.06. The Kier molecular flexibility index (Phi) is 4.71. The van der Waals surface area contributed by atoms with Crippen molar-refractivity contribution in [1.29, 1.82) is 0 Å². The van der Waals surface area contributed by atoms with Gasteiger partial charge in [-0.1, -0.05) is 12.1 Å². The van der Waals surface area contributed by atoms with E-state index in [9.17, 15) is 4.79 Å². The molecule has 1 unspecified atom stereocenters. The number of carbonyl (C=O) groups excluding carboxylic acids is 1. The minimum Gasteiger partial charge on any atom is -0.497 e. The third kappa shape index (κ3) is 3.35. The van der Waals surface area contributed by atoms with Gasteiger partial charge in [-0.3, -0.25) is 4.79 Å². The van der Waals surface area contributed by atoms with Crippen LogP contribution in [0.1, 0.15) is 28.0 Å². The number of halogens is 1. The Morgan fingerprint density at radius 2 is 2.04 bits per heavy atom. The maximum Gasteiger partial charge on any atom is 0.287 e. The van der Waals surface area contributed by atoms with E-state index in [2.05, 4.69) is 26.2 Å². The molecule has 1 aromatic carbocycles. The lowest BCUT2D eigenvalue weighted by atomic mass is 10.1. The van der Waals surface area contributed by atoms with Crippen molar-refractivity contribution in [2.75, 3.05) is 7.11 Å². The summed E-state index contributed by atoms with van der Waals surface area (Å²) >= 11 is 3.20. The van der Waals surface area contributed by atoms with Gasteiger partial charge in [0.25, 0.3) is 5.91 Å². The maximum atomic E-state index is 12.5. The molecule has 124 valence electrons. The SMILES string of the molecule is COc1ccc(C(NC(=O)c2ccc(Br)o2)c2nccn2C)cc1. The number of carbonyl (C=O) groups is 1.